The first-order chi connectivity index (χ1) is 8.41. The molecule has 0 aliphatic heterocycles. The SMILES string of the molecule is Cc1cc(C(Cl)c2scc(C)c2Cl)c(C)cc1Br. The molecule has 18 heavy (non-hydrogen) atoms. The van der Waals surface area contributed by atoms with Crippen molar-refractivity contribution in [2.75, 3.05) is 0 Å². The average molecular weight is 364 g/mol. The van der Waals surface area contributed by atoms with Crippen molar-refractivity contribution in [3.05, 3.63) is 54.1 Å². The van der Waals surface area contributed by atoms with Crippen LogP contribution in [0, 0.1) is 20.8 Å². The molecule has 0 spiro atoms. The first kappa shape index (κ1) is 14.4. The standard InChI is InChI=1S/C14H13BrCl2S/c1-7-5-11(15)8(2)4-10(7)13(17)14-12(16)9(3)6-18-14/h4-6,13H,1-3H3. The highest BCUT2D eigenvalue weighted by Gasteiger charge is 2.19. The molecule has 1 unspecified atom stereocenters. The first-order valence-corrected chi connectivity index (χ1v) is 8.04. The smallest absolute Gasteiger partial charge is 0.0945 e. The molecule has 2 rings (SSSR count). The third-order valence-electron chi connectivity index (χ3n) is 2.98. The molecule has 0 radical (unpaired) electrons. The van der Waals surface area contributed by atoms with Gasteiger partial charge in [-0.3, -0.25) is 0 Å². The molecule has 0 amide bonds. The maximum Gasteiger partial charge on any atom is 0.0945 e. The summed E-state index contributed by atoms with van der Waals surface area (Å²) in [4.78, 5) is 1.03. The number of benzene rings is 1. The van der Waals surface area contributed by atoms with Gasteiger partial charge in [0, 0.05) is 9.35 Å². The number of hydrogen-bond donors (Lipinski definition) is 0. The van der Waals surface area contributed by atoms with Gasteiger partial charge in [-0.1, -0.05) is 33.6 Å². The van der Waals surface area contributed by atoms with E-state index in [-0.39, 0.29) is 5.38 Å². The Balaban J connectivity index is 2.49. The van der Waals surface area contributed by atoms with Crippen molar-refractivity contribution in [2.45, 2.75) is 26.1 Å². The number of rotatable bonds is 2. The van der Waals surface area contributed by atoms with Crippen LogP contribution in [0.4, 0.5) is 0 Å². The fourth-order valence-corrected chi connectivity index (χ4v) is 4.14. The van der Waals surface area contributed by atoms with Crippen LogP contribution < -0.4 is 0 Å². The van der Waals surface area contributed by atoms with Crippen LogP contribution in [0.3, 0.4) is 0 Å². The van der Waals surface area contributed by atoms with Gasteiger partial charge in [0.1, 0.15) is 0 Å². The Morgan fingerprint density at radius 1 is 1.11 bits per heavy atom. The molecule has 4 heteroatoms. The summed E-state index contributed by atoms with van der Waals surface area (Å²) < 4.78 is 1.11. The van der Waals surface area contributed by atoms with Gasteiger partial charge < -0.3 is 0 Å². The highest BCUT2D eigenvalue weighted by molar-refractivity contribution is 9.10. The molecule has 0 nitrogen and oxygen atoms in total. The Morgan fingerprint density at radius 3 is 2.33 bits per heavy atom. The molecule has 0 saturated carbocycles. The lowest BCUT2D eigenvalue weighted by molar-refractivity contribution is 1.13. The van der Waals surface area contributed by atoms with Gasteiger partial charge in [-0.15, -0.1) is 22.9 Å². The monoisotopic (exact) mass is 362 g/mol. The third kappa shape index (κ3) is 2.62. The minimum atomic E-state index is -0.178. The average Bonchev–Trinajstić information content (AvgIpc) is 2.64. The molecular weight excluding hydrogens is 351 g/mol. The Labute approximate surface area is 130 Å². The second-order valence-corrected chi connectivity index (χ2v) is 7.00. The molecule has 2 aromatic rings. The van der Waals surface area contributed by atoms with Crippen molar-refractivity contribution in [3.8, 4) is 0 Å². The van der Waals surface area contributed by atoms with Crippen LogP contribution in [0.15, 0.2) is 22.0 Å². The van der Waals surface area contributed by atoms with Crippen molar-refractivity contribution >= 4 is 50.5 Å². The van der Waals surface area contributed by atoms with Gasteiger partial charge in [-0.25, -0.2) is 0 Å². The molecule has 0 N–H and O–H groups in total. The van der Waals surface area contributed by atoms with Crippen molar-refractivity contribution in [2.24, 2.45) is 0 Å². The third-order valence-corrected chi connectivity index (χ3v) is 6.19. The molecule has 0 aliphatic carbocycles. The van der Waals surface area contributed by atoms with Gasteiger partial charge in [0.15, 0.2) is 0 Å². The van der Waals surface area contributed by atoms with E-state index < -0.39 is 0 Å². The predicted molar refractivity (Wildman–Crippen MR) is 85.4 cm³/mol. The minimum Gasteiger partial charge on any atom is -0.145 e. The number of alkyl halides is 1. The molecule has 1 aromatic carbocycles. The van der Waals surface area contributed by atoms with Gasteiger partial charge in [0.25, 0.3) is 0 Å². The zero-order chi connectivity index (χ0) is 13.4. The molecule has 0 aliphatic rings. The first-order valence-electron chi connectivity index (χ1n) is 5.56. The Kier molecular flexibility index (Phi) is 4.43. The van der Waals surface area contributed by atoms with E-state index in [2.05, 4.69) is 41.9 Å². The van der Waals surface area contributed by atoms with E-state index in [1.54, 1.807) is 11.3 Å². The van der Waals surface area contributed by atoms with Crippen molar-refractivity contribution in [1.82, 2.24) is 0 Å². The van der Waals surface area contributed by atoms with Crippen LogP contribution in [-0.2, 0) is 0 Å². The topological polar surface area (TPSA) is 0 Å². The van der Waals surface area contributed by atoms with Gasteiger partial charge in [-0.05, 0) is 54.5 Å². The van der Waals surface area contributed by atoms with E-state index in [9.17, 15) is 0 Å². The van der Waals surface area contributed by atoms with Crippen LogP contribution in [-0.4, -0.2) is 0 Å². The van der Waals surface area contributed by atoms with Crippen LogP contribution in [0.25, 0.3) is 0 Å². The van der Waals surface area contributed by atoms with E-state index >= 15 is 0 Å². The maximum absolute atomic E-state index is 6.59. The quantitative estimate of drug-likeness (QED) is 0.540. The number of thiophene rings is 1. The molecule has 96 valence electrons. The van der Waals surface area contributed by atoms with E-state index in [1.165, 1.54) is 11.1 Å². The highest BCUT2D eigenvalue weighted by atomic mass is 79.9. The predicted octanol–water partition coefficient (Wildman–Crippen LogP) is 6.42. The largest absolute Gasteiger partial charge is 0.145 e. The summed E-state index contributed by atoms with van der Waals surface area (Å²) in [6.07, 6.45) is 0. The zero-order valence-corrected chi connectivity index (χ0v) is 14.3. The highest BCUT2D eigenvalue weighted by Crippen LogP contribution is 2.41. The van der Waals surface area contributed by atoms with Gasteiger partial charge >= 0.3 is 0 Å². The van der Waals surface area contributed by atoms with E-state index in [0.29, 0.717) is 0 Å². The number of hydrogen-bond acceptors (Lipinski definition) is 1. The van der Waals surface area contributed by atoms with Crippen LogP contribution in [0.5, 0.6) is 0 Å². The molecule has 0 fully saturated rings. The minimum absolute atomic E-state index is 0.178. The summed E-state index contributed by atoms with van der Waals surface area (Å²) >= 11 is 18.0. The summed E-state index contributed by atoms with van der Waals surface area (Å²) in [5.74, 6) is 0. The summed E-state index contributed by atoms with van der Waals surface area (Å²) in [6.45, 7) is 6.15. The van der Waals surface area contributed by atoms with E-state index in [4.69, 9.17) is 23.2 Å². The lowest BCUT2D eigenvalue weighted by atomic mass is 10.0. The van der Waals surface area contributed by atoms with Crippen LogP contribution in [0.1, 0.15) is 32.5 Å². The summed E-state index contributed by atoms with van der Waals surface area (Å²) in [5, 5.41) is 2.66. The van der Waals surface area contributed by atoms with Crippen molar-refractivity contribution < 1.29 is 0 Å². The van der Waals surface area contributed by atoms with Crippen molar-refractivity contribution in [3.63, 3.8) is 0 Å². The lowest BCUT2D eigenvalue weighted by Gasteiger charge is -2.14. The Bertz CT molecular complexity index is 590. The number of aryl methyl sites for hydroxylation is 3. The molecule has 1 aromatic heterocycles. The summed E-state index contributed by atoms with van der Waals surface area (Å²) in [6, 6.07) is 4.23. The lowest BCUT2D eigenvalue weighted by Crippen LogP contribution is -1.96. The summed E-state index contributed by atoms with van der Waals surface area (Å²) in [7, 11) is 0. The van der Waals surface area contributed by atoms with Crippen molar-refractivity contribution in [1.29, 1.82) is 0 Å². The van der Waals surface area contributed by atoms with E-state index in [1.807, 2.05) is 12.3 Å². The molecular formula is C14H13BrCl2S. The second kappa shape index (κ2) is 5.54. The molecule has 1 heterocycles. The zero-order valence-electron chi connectivity index (χ0n) is 10.4. The second-order valence-electron chi connectivity index (χ2n) is 4.42. The maximum atomic E-state index is 6.59. The summed E-state index contributed by atoms with van der Waals surface area (Å²) in [5.41, 5.74) is 4.58. The molecule has 0 saturated heterocycles. The van der Waals surface area contributed by atoms with Gasteiger partial charge in [0.05, 0.1) is 10.4 Å². The Hall–Kier alpha value is -0.0200. The van der Waals surface area contributed by atoms with Crippen LogP contribution >= 0.6 is 50.5 Å². The van der Waals surface area contributed by atoms with Gasteiger partial charge in [0.2, 0.25) is 0 Å². The van der Waals surface area contributed by atoms with Crippen LogP contribution in [0.2, 0.25) is 5.02 Å². The Morgan fingerprint density at radius 2 is 1.78 bits per heavy atom. The molecule has 0 bridgehead atoms. The fraction of sp³-hybridized carbons (Fsp3) is 0.286. The van der Waals surface area contributed by atoms with Gasteiger partial charge in [-0.2, -0.15) is 0 Å². The number of halogens is 3. The normalized spacial score (nSPS) is 12.8. The molecule has 1 atom stereocenters. The van der Waals surface area contributed by atoms with E-state index in [0.717, 1.165) is 25.5 Å². The fourth-order valence-electron chi connectivity index (χ4n) is 1.84.